The Kier molecular flexibility index (Phi) is 4.53. The summed E-state index contributed by atoms with van der Waals surface area (Å²) in [5.74, 6) is -0.323. The topological polar surface area (TPSA) is 26.3 Å². The second-order valence-electron chi connectivity index (χ2n) is 4.01. The highest BCUT2D eigenvalue weighted by Gasteiger charge is 2.16. The average molecular weight is 220 g/mol. The van der Waals surface area contributed by atoms with Crippen LogP contribution in [0.2, 0.25) is 0 Å². The molecule has 0 fully saturated rings. The van der Waals surface area contributed by atoms with Crippen molar-refractivity contribution in [2.45, 2.75) is 40.0 Å². The zero-order chi connectivity index (χ0) is 12.1. The van der Waals surface area contributed by atoms with Crippen molar-refractivity contribution in [2.24, 2.45) is 0 Å². The molecule has 0 aliphatic heterocycles. The molecule has 16 heavy (non-hydrogen) atoms. The van der Waals surface area contributed by atoms with E-state index >= 15 is 0 Å². The zero-order valence-electron chi connectivity index (χ0n) is 10.5. The quantitative estimate of drug-likeness (QED) is 0.728. The van der Waals surface area contributed by atoms with Gasteiger partial charge in [-0.05, 0) is 43.9 Å². The van der Waals surface area contributed by atoms with E-state index in [9.17, 15) is 4.79 Å². The molecule has 0 N–H and O–H groups in total. The van der Waals surface area contributed by atoms with Gasteiger partial charge >= 0.3 is 5.97 Å². The molecule has 1 atom stereocenters. The number of carbonyl (C=O) groups excluding carboxylic acids is 1. The summed E-state index contributed by atoms with van der Waals surface area (Å²) in [5, 5.41) is 0. The Morgan fingerprint density at radius 2 is 2.06 bits per heavy atom. The fourth-order valence-electron chi connectivity index (χ4n) is 1.79. The third-order valence-corrected chi connectivity index (χ3v) is 2.89. The number of aryl methyl sites for hydroxylation is 2. The van der Waals surface area contributed by atoms with Crippen molar-refractivity contribution in [2.75, 3.05) is 6.61 Å². The third-order valence-electron chi connectivity index (χ3n) is 2.89. The summed E-state index contributed by atoms with van der Waals surface area (Å²) in [4.78, 5) is 11.6. The van der Waals surface area contributed by atoms with Crippen molar-refractivity contribution >= 4 is 5.97 Å². The number of benzene rings is 1. The lowest BCUT2D eigenvalue weighted by Gasteiger charge is -2.13. The maximum atomic E-state index is 11.6. The van der Waals surface area contributed by atoms with Crippen LogP contribution in [0.4, 0.5) is 0 Å². The van der Waals surface area contributed by atoms with E-state index < -0.39 is 0 Å². The van der Waals surface area contributed by atoms with Crippen LogP contribution >= 0.6 is 0 Å². The molecule has 0 aromatic heterocycles. The van der Waals surface area contributed by atoms with Crippen molar-refractivity contribution in [3.63, 3.8) is 0 Å². The third kappa shape index (κ3) is 2.84. The minimum Gasteiger partial charge on any atom is -0.466 e. The lowest BCUT2D eigenvalue weighted by molar-refractivity contribution is -0.144. The van der Waals surface area contributed by atoms with Crippen LogP contribution in [0.3, 0.4) is 0 Å². The standard InChI is InChI=1S/C14H20O2/c1-5-12-7-8-13(9-10(12)3)11(4)14(15)16-6-2/h7-9,11H,5-6H2,1-4H3. The minimum atomic E-state index is -0.176. The molecule has 1 aromatic rings. The molecule has 0 bridgehead atoms. The second kappa shape index (κ2) is 5.69. The SMILES string of the molecule is CCOC(=O)C(C)c1ccc(CC)c(C)c1. The van der Waals surface area contributed by atoms with E-state index in [4.69, 9.17) is 4.74 Å². The van der Waals surface area contributed by atoms with Crippen LogP contribution in [0, 0.1) is 6.92 Å². The first-order chi connectivity index (χ1) is 7.60. The molecule has 0 aliphatic rings. The highest BCUT2D eigenvalue weighted by Crippen LogP contribution is 2.20. The van der Waals surface area contributed by atoms with E-state index in [-0.39, 0.29) is 11.9 Å². The summed E-state index contributed by atoms with van der Waals surface area (Å²) in [5.41, 5.74) is 3.61. The Morgan fingerprint density at radius 3 is 2.56 bits per heavy atom. The van der Waals surface area contributed by atoms with Crippen LogP contribution in [0.5, 0.6) is 0 Å². The lowest BCUT2D eigenvalue weighted by Crippen LogP contribution is -2.13. The molecule has 0 saturated carbocycles. The average Bonchev–Trinajstić information content (AvgIpc) is 2.28. The van der Waals surface area contributed by atoms with Crippen LogP contribution in [0.15, 0.2) is 18.2 Å². The maximum absolute atomic E-state index is 11.6. The monoisotopic (exact) mass is 220 g/mol. The van der Waals surface area contributed by atoms with Crippen molar-refractivity contribution in [3.8, 4) is 0 Å². The summed E-state index contributed by atoms with van der Waals surface area (Å²) < 4.78 is 5.02. The lowest BCUT2D eigenvalue weighted by atomic mass is 9.96. The first kappa shape index (κ1) is 12.8. The van der Waals surface area contributed by atoms with Crippen LogP contribution in [0.1, 0.15) is 43.4 Å². The van der Waals surface area contributed by atoms with Crippen LogP contribution in [0.25, 0.3) is 0 Å². The molecular weight excluding hydrogens is 200 g/mol. The molecule has 0 amide bonds. The van der Waals surface area contributed by atoms with E-state index in [1.165, 1.54) is 11.1 Å². The predicted octanol–water partition coefficient (Wildman–Crippen LogP) is 3.22. The second-order valence-corrected chi connectivity index (χ2v) is 4.01. The number of ether oxygens (including phenoxy) is 1. The highest BCUT2D eigenvalue weighted by atomic mass is 16.5. The summed E-state index contributed by atoms with van der Waals surface area (Å²) >= 11 is 0. The molecule has 0 saturated heterocycles. The van der Waals surface area contributed by atoms with Gasteiger partial charge in [-0.15, -0.1) is 0 Å². The Bertz CT molecular complexity index is 369. The van der Waals surface area contributed by atoms with Gasteiger partial charge in [0.05, 0.1) is 12.5 Å². The molecule has 0 heterocycles. The Labute approximate surface area is 97.6 Å². The number of hydrogen-bond donors (Lipinski definition) is 0. The molecule has 1 rings (SSSR count). The van der Waals surface area contributed by atoms with Gasteiger partial charge < -0.3 is 4.74 Å². The van der Waals surface area contributed by atoms with Gasteiger partial charge in [-0.3, -0.25) is 4.79 Å². The van der Waals surface area contributed by atoms with Crippen molar-refractivity contribution in [1.82, 2.24) is 0 Å². The number of carbonyl (C=O) groups is 1. The molecule has 2 nitrogen and oxygen atoms in total. The molecule has 0 spiro atoms. The molecule has 2 heteroatoms. The van der Waals surface area contributed by atoms with Crippen molar-refractivity contribution in [1.29, 1.82) is 0 Å². The summed E-state index contributed by atoms with van der Waals surface area (Å²) in [7, 11) is 0. The van der Waals surface area contributed by atoms with Crippen molar-refractivity contribution in [3.05, 3.63) is 34.9 Å². The first-order valence-corrected chi connectivity index (χ1v) is 5.86. The van der Waals surface area contributed by atoms with E-state index in [1.807, 2.05) is 19.9 Å². The van der Waals surface area contributed by atoms with E-state index in [2.05, 4.69) is 26.0 Å². The Hall–Kier alpha value is -1.31. The highest BCUT2D eigenvalue weighted by molar-refractivity contribution is 5.77. The van der Waals surface area contributed by atoms with Gasteiger partial charge in [0.25, 0.3) is 0 Å². The first-order valence-electron chi connectivity index (χ1n) is 5.86. The van der Waals surface area contributed by atoms with Gasteiger partial charge in [-0.1, -0.05) is 25.1 Å². The molecule has 0 radical (unpaired) electrons. The van der Waals surface area contributed by atoms with E-state index in [0.29, 0.717) is 6.61 Å². The predicted molar refractivity (Wildman–Crippen MR) is 65.6 cm³/mol. The zero-order valence-corrected chi connectivity index (χ0v) is 10.5. The number of hydrogen-bond acceptors (Lipinski definition) is 2. The fourth-order valence-corrected chi connectivity index (χ4v) is 1.79. The Morgan fingerprint density at radius 1 is 1.38 bits per heavy atom. The Balaban J connectivity index is 2.88. The molecule has 0 aliphatic carbocycles. The maximum Gasteiger partial charge on any atom is 0.313 e. The normalized spacial score (nSPS) is 12.2. The molecular formula is C14H20O2. The summed E-state index contributed by atoms with van der Waals surface area (Å²) in [6.07, 6.45) is 1.03. The fraction of sp³-hybridized carbons (Fsp3) is 0.500. The van der Waals surface area contributed by atoms with Crippen LogP contribution < -0.4 is 0 Å². The van der Waals surface area contributed by atoms with E-state index in [1.54, 1.807) is 0 Å². The van der Waals surface area contributed by atoms with Crippen LogP contribution in [-0.4, -0.2) is 12.6 Å². The molecule has 1 unspecified atom stereocenters. The van der Waals surface area contributed by atoms with Gasteiger partial charge in [0.1, 0.15) is 0 Å². The smallest absolute Gasteiger partial charge is 0.313 e. The summed E-state index contributed by atoms with van der Waals surface area (Å²) in [6.45, 7) is 8.38. The molecule has 88 valence electrons. The summed E-state index contributed by atoms with van der Waals surface area (Å²) in [6, 6.07) is 6.20. The number of esters is 1. The van der Waals surface area contributed by atoms with Crippen LogP contribution in [-0.2, 0) is 16.0 Å². The van der Waals surface area contributed by atoms with E-state index in [0.717, 1.165) is 12.0 Å². The van der Waals surface area contributed by atoms with Gasteiger partial charge in [0.15, 0.2) is 0 Å². The number of rotatable bonds is 4. The van der Waals surface area contributed by atoms with Gasteiger partial charge in [-0.2, -0.15) is 0 Å². The molecule has 1 aromatic carbocycles. The van der Waals surface area contributed by atoms with Gasteiger partial charge in [-0.25, -0.2) is 0 Å². The van der Waals surface area contributed by atoms with Gasteiger partial charge in [0, 0.05) is 0 Å². The van der Waals surface area contributed by atoms with Crippen molar-refractivity contribution < 1.29 is 9.53 Å². The largest absolute Gasteiger partial charge is 0.466 e. The minimum absolute atomic E-state index is 0.147. The van der Waals surface area contributed by atoms with Gasteiger partial charge in [0.2, 0.25) is 0 Å².